The number of nitrogens with two attached hydrogens (primary N) is 1. The van der Waals surface area contributed by atoms with E-state index in [1.54, 1.807) is 0 Å². The number of nitrogens with one attached hydrogen (secondary N) is 1. The Balaban J connectivity index is 1.70. The van der Waals surface area contributed by atoms with Crippen LogP contribution in [-0.4, -0.2) is 23.2 Å². The Morgan fingerprint density at radius 1 is 1.48 bits per heavy atom. The van der Waals surface area contributed by atoms with Gasteiger partial charge in [-0.1, -0.05) is 29.8 Å². The minimum absolute atomic E-state index is 0.245. The molecule has 1 aliphatic carbocycles. The topological polar surface area (TPSA) is 55.1 Å². The average Bonchev–Trinajstić information content (AvgIpc) is 3.24. The zero-order chi connectivity index (χ0) is 15.3. The second kappa shape index (κ2) is 7.52. The van der Waals surface area contributed by atoms with E-state index < -0.39 is 5.54 Å². The molecular formula is C16H23ClN2OS. The molecular weight excluding hydrogens is 304 g/mol. The first-order valence-corrected chi connectivity index (χ1v) is 8.93. The van der Waals surface area contributed by atoms with E-state index >= 15 is 0 Å². The van der Waals surface area contributed by atoms with Crippen LogP contribution >= 0.6 is 23.4 Å². The molecule has 116 valence electrons. The number of thioether (sulfide) groups is 1. The second-order valence-corrected chi connectivity index (χ2v) is 7.37. The Bertz CT molecular complexity index is 493. The van der Waals surface area contributed by atoms with Gasteiger partial charge in [-0.05, 0) is 50.0 Å². The third-order valence-corrected chi connectivity index (χ3v) is 5.29. The van der Waals surface area contributed by atoms with Crippen molar-refractivity contribution in [3.8, 4) is 0 Å². The lowest BCUT2D eigenvalue weighted by atomic mass is 9.95. The molecule has 0 saturated heterocycles. The Labute approximate surface area is 136 Å². The fourth-order valence-electron chi connectivity index (χ4n) is 2.27. The van der Waals surface area contributed by atoms with Crippen molar-refractivity contribution in [1.29, 1.82) is 0 Å². The minimum Gasteiger partial charge on any atom is -0.368 e. The van der Waals surface area contributed by atoms with Crippen molar-refractivity contribution in [2.75, 3.05) is 5.75 Å². The van der Waals surface area contributed by atoms with Gasteiger partial charge in [0.2, 0.25) is 5.91 Å². The van der Waals surface area contributed by atoms with E-state index in [-0.39, 0.29) is 5.91 Å². The van der Waals surface area contributed by atoms with Crippen LogP contribution in [0.3, 0.4) is 0 Å². The molecule has 1 fully saturated rings. The summed E-state index contributed by atoms with van der Waals surface area (Å²) in [4.78, 5) is 11.6. The molecule has 0 bridgehead atoms. The summed E-state index contributed by atoms with van der Waals surface area (Å²) in [7, 11) is 0. The lowest BCUT2D eigenvalue weighted by molar-refractivity contribution is -0.124. The highest BCUT2D eigenvalue weighted by atomic mass is 35.5. The van der Waals surface area contributed by atoms with E-state index in [1.807, 2.05) is 36.9 Å². The zero-order valence-electron chi connectivity index (χ0n) is 12.4. The van der Waals surface area contributed by atoms with Gasteiger partial charge in [0, 0.05) is 16.8 Å². The SMILES string of the molecule is CC(CCCSCc1ccccc1Cl)(NC1CC1)C(N)=O. The fraction of sp³-hybridized carbons (Fsp3) is 0.562. The highest BCUT2D eigenvalue weighted by Crippen LogP contribution is 2.26. The van der Waals surface area contributed by atoms with Gasteiger partial charge in [0.25, 0.3) is 0 Å². The Morgan fingerprint density at radius 2 is 2.19 bits per heavy atom. The van der Waals surface area contributed by atoms with Crippen LogP contribution in [0.1, 0.15) is 38.2 Å². The van der Waals surface area contributed by atoms with Crippen molar-refractivity contribution in [3.63, 3.8) is 0 Å². The highest BCUT2D eigenvalue weighted by molar-refractivity contribution is 7.98. The molecule has 1 saturated carbocycles. The van der Waals surface area contributed by atoms with Crippen LogP contribution in [0.2, 0.25) is 5.02 Å². The van der Waals surface area contributed by atoms with E-state index in [2.05, 4.69) is 11.4 Å². The molecule has 1 unspecified atom stereocenters. The van der Waals surface area contributed by atoms with Crippen molar-refractivity contribution in [1.82, 2.24) is 5.32 Å². The van der Waals surface area contributed by atoms with Crippen molar-refractivity contribution in [3.05, 3.63) is 34.9 Å². The average molecular weight is 327 g/mol. The Hall–Kier alpha value is -0.710. The summed E-state index contributed by atoms with van der Waals surface area (Å²) in [5.74, 6) is 1.66. The largest absolute Gasteiger partial charge is 0.368 e. The molecule has 0 aromatic heterocycles. The molecule has 1 aromatic rings. The summed E-state index contributed by atoms with van der Waals surface area (Å²) in [6.07, 6.45) is 4.07. The van der Waals surface area contributed by atoms with Crippen molar-refractivity contribution in [2.45, 2.75) is 49.9 Å². The normalized spacial score (nSPS) is 17.4. The first kappa shape index (κ1) is 16.7. The Kier molecular flexibility index (Phi) is 5.97. The van der Waals surface area contributed by atoms with Crippen LogP contribution in [0.25, 0.3) is 0 Å². The maximum Gasteiger partial charge on any atom is 0.237 e. The Morgan fingerprint density at radius 3 is 2.81 bits per heavy atom. The van der Waals surface area contributed by atoms with Crippen LogP contribution in [0.4, 0.5) is 0 Å². The van der Waals surface area contributed by atoms with E-state index in [0.29, 0.717) is 6.04 Å². The third-order valence-electron chi connectivity index (χ3n) is 3.82. The summed E-state index contributed by atoms with van der Waals surface area (Å²) in [5.41, 5.74) is 6.15. The number of hydrogen-bond donors (Lipinski definition) is 2. The number of halogens is 1. The van der Waals surface area contributed by atoms with Crippen molar-refractivity contribution < 1.29 is 4.79 Å². The second-order valence-electron chi connectivity index (χ2n) is 5.86. The summed E-state index contributed by atoms with van der Waals surface area (Å²) in [5, 5.41) is 4.20. The molecule has 0 spiro atoms. The van der Waals surface area contributed by atoms with Gasteiger partial charge in [-0.15, -0.1) is 0 Å². The van der Waals surface area contributed by atoms with Gasteiger partial charge in [0.1, 0.15) is 0 Å². The van der Waals surface area contributed by atoms with E-state index in [1.165, 1.54) is 0 Å². The predicted octanol–water partition coefficient (Wildman–Crippen LogP) is 3.35. The quantitative estimate of drug-likeness (QED) is 0.684. The van der Waals surface area contributed by atoms with Crippen LogP contribution in [0, 0.1) is 0 Å². The molecule has 0 heterocycles. The molecule has 1 atom stereocenters. The molecule has 0 aliphatic heterocycles. The summed E-state index contributed by atoms with van der Waals surface area (Å²) in [6, 6.07) is 8.40. The van der Waals surface area contributed by atoms with E-state index in [0.717, 1.165) is 47.8 Å². The van der Waals surface area contributed by atoms with Gasteiger partial charge in [-0.25, -0.2) is 0 Å². The number of amides is 1. The van der Waals surface area contributed by atoms with Crippen LogP contribution < -0.4 is 11.1 Å². The first-order valence-electron chi connectivity index (χ1n) is 7.40. The van der Waals surface area contributed by atoms with Gasteiger partial charge in [0.15, 0.2) is 0 Å². The van der Waals surface area contributed by atoms with Crippen molar-refractivity contribution >= 4 is 29.3 Å². The van der Waals surface area contributed by atoms with Gasteiger partial charge < -0.3 is 11.1 Å². The maximum absolute atomic E-state index is 11.6. The summed E-state index contributed by atoms with van der Waals surface area (Å²) in [6.45, 7) is 1.92. The maximum atomic E-state index is 11.6. The van der Waals surface area contributed by atoms with Gasteiger partial charge >= 0.3 is 0 Å². The van der Waals surface area contributed by atoms with Gasteiger partial charge in [-0.2, -0.15) is 11.8 Å². The lowest BCUT2D eigenvalue weighted by Crippen LogP contribution is -2.54. The van der Waals surface area contributed by atoms with E-state index in [9.17, 15) is 4.79 Å². The molecule has 3 nitrogen and oxygen atoms in total. The summed E-state index contributed by atoms with van der Waals surface area (Å²) < 4.78 is 0. The molecule has 5 heteroatoms. The number of carbonyl (C=O) groups excluding carboxylic acids is 1. The van der Waals surface area contributed by atoms with Crippen molar-refractivity contribution in [2.24, 2.45) is 5.73 Å². The predicted molar refractivity (Wildman–Crippen MR) is 90.6 cm³/mol. The molecule has 1 amide bonds. The third kappa shape index (κ3) is 5.20. The van der Waals surface area contributed by atoms with E-state index in [4.69, 9.17) is 17.3 Å². The highest BCUT2D eigenvalue weighted by Gasteiger charge is 2.36. The number of hydrogen-bond acceptors (Lipinski definition) is 3. The van der Waals surface area contributed by atoms with Crippen LogP contribution in [-0.2, 0) is 10.5 Å². The number of benzene rings is 1. The monoisotopic (exact) mass is 326 g/mol. The molecule has 0 radical (unpaired) electrons. The molecule has 3 N–H and O–H groups in total. The molecule has 1 aliphatic rings. The fourth-order valence-corrected chi connectivity index (χ4v) is 3.52. The standard InChI is InChI=1S/C16H23ClN2OS/c1-16(15(18)20,19-13-7-8-13)9-4-10-21-11-12-5-2-3-6-14(12)17/h2-3,5-6,13,19H,4,7-11H2,1H3,(H2,18,20). The molecule has 21 heavy (non-hydrogen) atoms. The number of rotatable bonds is 9. The number of primary amides is 1. The zero-order valence-corrected chi connectivity index (χ0v) is 14.0. The number of carbonyl (C=O) groups is 1. The minimum atomic E-state index is -0.563. The van der Waals surface area contributed by atoms with Crippen LogP contribution in [0.5, 0.6) is 0 Å². The lowest BCUT2D eigenvalue weighted by Gasteiger charge is -2.27. The molecule has 2 rings (SSSR count). The first-order chi connectivity index (χ1) is 10.0. The van der Waals surface area contributed by atoms with Gasteiger partial charge in [0.05, 0.1) is 5.54 Å². The summed E-state index contributed by atoms with van der Waals surface area (Å²) >= 11 is 7.97. The van der Waals surface area contributed by atoms with Gasteiger partial charge in [-0.3, -0.25) is 4.79 Å². The molecule has 1 aromatic carbocycles. The smallest absolute Gasteiger partial charge is 0.237 e. The van der Waals surface area contributed by atoms with Crippen LogP contribution in [0.15, 0.2) is 24.3 Å².